The van der Waals surface area contributed by atoms with Crippen LogP contribution in [0.15, 0.2) is 18.5 Å². The standard InChI is InChI=1S/C9H10N2O.2ClH/c1-12-9-4-6-11-7-8(9)3-2-5-10;;/h4,6-7H,5,10H2,1H3;2*1H. The molecule has 1 rings (SSSR count). The Balaban J connectivity index is 0. The second kappa shape index (κ2) is 8.64. The maximum absolute atomic E-state index is 5.23. The van der Waals surface area contributed by atoms with Crippen LogP contribution in [0.1, 0.15) is 5.56 Å². The normalized spacial score (nSPS) is 7.29. The van der Waals surface area contributed by atoms with Gasteiger partial charge in [0.1, 0.15) is 5.75 Å². The Morgan fingerprint density at radius 3 is 2.79 bits per heavy atom. The number of methoxy groups -OCH3 is 1. The van der Waals surface area contributed by atoms with Crippen LogP contribution in [-0.4, -0.2) is 18.6 Å². The summed E-state index contributed by atoms with van der Waals surface area (Å²) in [7, 11) is 1.60. The van der Waals surface area contributed by atoms with Gasteiger partial charge in [0.25, 0.3) is 0 Å². The molecular formula is C9H12Cl2N2O. The first-order valence-corrected chi connectivity index (χ1v) is 3.55. The van der Waals surface area contributed by atoms with E-state index in [2.05, 4.69) is 16.8 Å². The molecule has 1 aromatic rings. The van der Waals surface area contributed by atoms with E-state index in [1.54, 1.807) is 25.6 Å². The molecule has 0 amide bonds. The topological polar surface area (TPSA) is 48.1 Å². The van der Waals surface area contributed by atoms with E-state index in [-0.39, 0.29) is 24.8 Å². The van der Waals surface area contributed by atoms with Crippen molar-refractivity contribution in [1.29, 1.82) is 0 Å². The molecule has 0 saturated carbocycles. The lowest BCUT2D eigenvalue weighted by Gasteiger charge is -1.99. The van der Waals surface area contributed by atoms with Crippen molar-refractivity contribution in [3.05, 3.63) is 24.0 Å². The van der Waals surface area contributed by atoms with Crippen LogP contribution in [0, 0.1) is 11.8 Å². The summed E-state index contributed by atoms with van der Waals surface area (Å²) in [5.41, 5.74) is 6.00. The van der Waals surface area contributed by atoms with Crippen molar-refractivity contribution in [3.8, 4) is 17.6 Å². The fourth-order valence-corrected chi connectivity index (χ4v) is 0.800. The number of halogens is 2. The Bertz CT molecular complexity index is 320. The van der Waals surface area contributed by atoms with E-state index in [4.69, 9.17) is 10.5 Å². The fourth-order valence-electron chi connectivity index (χ4n) is 0.800. The molecule has 0 unspecified atom stereocenters. The molecule has 14 heavy (non-hydrogen) atoms. The maximum atomic E-state index is 5.23. The molecule has 5 heteroatoms. The smallest absolute Gasteiger partial charge is 0.137 e. The number of ether oxygens (including phenoxy) is 1. The first-order chi connectivity index (χ1) is 5.88. The fraction of sp³-hybridized carbons (Fsp3) is 0.222. The molecule has 3 nitrogen and oxygen atoms in total. The van der Waals surface area contributed by atoms with Gasteiger partial charge in [-0.25, -0.2) is 0 Å². The highest BCUT2D eigenvalue weighted by atomic mass is 35.5. The van der Waals surface area contributed by atoms with Crippen molar-refractivity contribution >= 4 is 24.8 Å². The second-order valence-corrected chi connectivity index (χ2v) is 2.08. The van der Waals surface area contributed by atoms with Crippen molar-refractivity contribution in [2.24, 2.45) is 5.73 Å². The Morgan fingerprint density at radius 2 is 2.21 bits per heavy atom. The molecule has 0 saturated heterocycles. The van der Waals surface area contributed by atoms with Gasteiger partial charge in [0.15, 0.2) is 0 Å². The molecule has 1 heterocycles. The predicted octanol–water partition coefficient (Wildman–Crippen LogP) is 1.24. The van der Waals surface area contributed by atoms with Crippen molar-refractivity contribution in [3.63, 3.8) is 0 Å². The number of nitrogens with zero attached hydrogens (tertiary/aromatic N) is 1. The summed E-state index contributed by atoms with van der Waals surface area (Å²) >= 11 is 0. The van der Waals surface area contributed by atoms with E-state index in [9.17, 15) is 0 Å². The van der Waals surface area contributed by atoms with Crippen LogP contribution in [0.4, 0.5) is 0 Å². The molecular weight excluding hydrogens is 223 g/mol. The summed E-state index contributed by atoms with van der Waals surface area (Å²) in [4.78, 5) is 3.92. The Kier molecular flexibility index (Phi) is 9.58. The summed E-state index contributed by atoms with van der Waals surface area (Å²) in [6, 6.07) is 1.76. The number of nitrogens with two attached hydrogens (primary N) is 1. The van der Waals surface area contributed by atoms with Crippen molar-refractivity contribution < 1.29 is 4.74 Å². The number of aromatic nitrogens is 1. The van der Waals surface area contributed by atoms with Gasteiger partial charge in [0, 0.05) is 12.4 Å². The summed E-state index contributed by atoms with van der Waals surface area (Å²) in [6.45, 7) is 0.345. The molecule has 2 N–H and O–H groups in total. The Labute approximate surface area is 95.9 Å². The van der Waals surface area contributed by atoms with E-state index in [1.165, 1.54) is 0 Å². The van der Waals surface area contributed by atoms with Gasteiger partial charge in [0.05, 0.1) is 19.2 Å². The lowest BCUT2D eigenvalue weighted by molar-refractivity contribution is 0.413. The van der Waals surface area contributed by atoms with Crippen LogP contribution in [0.3, 0.4) is 0 Å². The largest absolute Gasteiger partial charge is 0.495 e. The van der Waals surface area contributed by atoms with Gasteiger partial charge < -0.3 is 10.5 Å². The quantitative estimate of drug-likeness (QED) is 0.745. The summed E-state index contributed by atoms with van der Waals surface area (Å²) in [5, 5.41) is 0. The summed E-state index contributed by atoms with van der Waals surface area (Å²) in [6.07, 6.45) is 3.31. The highest BCUT2D eigenvalue weighted by Crippen LogP contribution is 2.13. The minimum absolute atomic E-state index is 0. The number of pyridine rings is 1. The molecule has 0 aliphatic heterocycles. The van der Waals surface area contributed by atoms with E-state index >= 15 is 0 Å². The molecule has 0 aromatic carbocycles. The highest BCUT2D eigenvalue weighted by molar-refractivity contribution is 5.85. The molecule has 78 valence electrons. The maximum Gasteiger partial charge on any atom is 0.137 e. The SMILES string of the molecule is COc1ccncc1C#CCN.Cl.Cl. The first-order valence-electron chi connectivity index (χ1n) is 3.55. The van der Waals surface area contributed by atoms with Gasteiger partial charge in [-0.15, -0.1) is 24.8 Å². The number of hydrogen-bond acceptors (Lipinski definition) is 3. The molecule has 1 aromatic heterocycles. The highest BCUT2D eigenvalue weighted by Gasteiger charge is 1.96. The van der Waals surface area contributed by atoms with E-state index in [1.807, 2.05) is 0 Å². The third-order valence-electron chi connectivity index (χ3n) is 1.33. The van der Waals surface area contributed by atoms with Gasteiger partial charge in [-0.3, -0.25) is 4.98 Å². The monoisotopic (exact) mass is 234 g/mol. The lowest BCUT2D eigenvalue weighted by atomic mass is 10.2. The molecule has 0 spiro atoms. The van der Waals surface area contributed by atoms with Gasteiger partial charge >= 0.3 is 0 Å². The Morgan fingerprint density at radius 1 is 1.50 bits per heavy atom. The van der Waals surface area contributed by atoms with Crippen LogP contribution in [0.2, 0.25) is 0 Å². The average molecular weight is 235 g/mol. The predicted molar refractivity (Wildman–Crippen MR) is 61.2 cm³/mol. The minimum Gasteiger partial charge on any atom is -0.495 e. The molecule has 0 radical (unpaired) electrons. The number of hydrogen-bond donors (Lipinski definition) is 1. The average Bonchev–Trinajstić information content (AvgIpc) is 2.15. The van der Waals surface area contributed by atoms with E-state index in [0.29, 0.717) is 6.54 Å². The van der Waals surface area contributed by atoms with E-state index in [0.717, 1.165) is 11.3 Å². The first kappa shape index (κ1) is 15.5. The minimum atomic E-state index is 0. The van der Waals surface area contributed by atoms with Gasteiger partial charge in [0.2, 0.25) is 0 Å². The lowest BCUT2D eigenvalue weighted by Crippen LogP contribution is -1.94. The van der Waals surface area contributed by atoms with Crippen LogP contribution < -0.4 is 10.5 Å². The van der Waals surface area contributed by atoms with Crippen molar-refractivity contribution in [2.75, 3.05) is 13.7 Å². The summed E-state index contributed by atoms with van der Waals surface area (Å²) < 4.78 is 5.06. The Hall–Kier alpha value is -0.950. The molecule has 0 fully saturated rings. The molecule has 0 aliphatic rings. The van der Waals surface area contributed by atoms with Crippen molar-refractivity contribution in [2.45, 2.75) is 0 Å². The molecule has 0 bridgehead atoms. The number of rotatable bonds is 1. The third kappa shape index (κ3) is 4.33. The van der Waals surface area contributed by atoms with Crippen molar-refractivity contribution in [1.82, 2.24) is 4.98 Å². The van der Waals surface area contributed by atoms with Crippen LogP contribution in [0.5, 0.6) is 5.75 Å². The van der Waals surface area contributed by atoms with Crippen LogP contribution >= 0.6 is 24.8 Å². The van der Waals surface area contributed by atoms with Crippen LogP contribution in [0.25, 0.3) is 0 Å². The second-order valence-electron chi connectivity index (χ2n) is 2.08. The zero-order chi connectivity index (χ0) is 8.81. The van der Waals surface area contributed by atoms with Crippen LogP contribution in [-0.2, 0) is 0 Å². The zero-order valence-electron chi connectivity index (χ0n) is 7.69. The zero-order valence-corrected chi connectivity index (χ0v) is 9.32. The molecule has 0 atom stereocenters. The van der Waals surface area contributed by atoms with Gasteiger partial charge in [-0.05, 0) is 6.07 Å². The summed E-state index contributed by atoms with van der Waals surface area (Å²) in [5.74, 6) is 6.33. The van der Waals surface area contributed by atoms with E-state index < -0.39 is 0 Å². The molecule has 0 aliphatic carbocycles. The van der Waals surface area contributed by atoms with Gasteiger partial charge in [-0.2, -0.15) is 0 Å². The third-order valence-corrected chi connectivity index (χ3v) is 1.33. The van der Waals surface area contributed by atoms with Gasteiger partial charge in [-0.1, -0.05) is 11.8 Å².